The fraction of sp³-hybridized carbons (Fsp3) is 0.189. The zero-order chi connectivity index (χ0) is 31.5. The van der Waals surface area contributed by atoms with E-state index in [2.05, 4.69) is 0 Å². The summed E-state index contributed by atoms with van der Waals surface area (Å²) in [7, 11) is 3.06. The largest absolute Gasteiger partial charge is 0.497 e. The van der Waals surface area contributed by atoms with E-state index in [-0.39, 0.29) is 17.3 Å². The number of ether oxygens (including phenoxy) is 3. The summed E-state index contributed by atoms with van der Waals surface area (Å²) in [5, 5.41) is 0. The lowest BCUT2D eigenvalue weighted by molar-refractivity contribution is -0.131. The lowest BCUT2D eigenvalue weighted by Gasteiger charge is -2.37. The first-order chi connectivity index (χ1) is 21.8. The molecule has 224 valence electrons. The van der Waals surface area contributed by atoms with Gasteiger partial charge in [-0.05, 0) is 54.1 Å². The molecule has 4 aromatic carbocycles. The number of rotatable bonds is 6. The second kappa shape index (κ2) is 10.6. The number of carbonyl (C=O) groups is 4. The Balaban J connectivity index is 1.53. The van der Waals surface area contributed by atoms with Gasteiger partial charge in [-0.2, -0.15) is 0 Å². The second-order valence-corrected chi connectivity index (χ2v) is 11.4. The van der Waals surface area contributed by atoms with Crippen LogP contribution in [-0.4, -0.2) is 49.6 Å². The molecule has 2 aliphatic heterocycles. The molecule has 8 nitrogen and oxygen atoms in total. The number of methoxy groups -OCH3 is 2. The minimum absolute atomic E-state index is 0.300. The Morgan fingerprint density at radius 1 is 0.778 bits per heavy atom. The zero-order valence-corrected chi connectivity index (χ0v) is 24.9. The number of nitrogens with zero attached hydrogens (tertiary/aromatic N) is 1. The number of anilines is 1. The van der Waals surface area contributed by atoms with Crippen molar-refractivity contribution in [3.63, 3.8) is 0 Å². The lowest BCUT2D eigenvalue weighted by Crippen LogP contribution is -2.48. The van der Waals surface area contributed by atoms with E-state index < -0.39 is 29.4 Å². The van der Waals surface area contributed by atoms with E-state index in [1.165, 1.54) is 21.1 Å². The van der Waals surface area contributed by atoms with E-state index in [4.69, 9.17) is 14.2 Å². The third kappa shape index (κ3) is 4.05. The molecule has 2 heterocycles. The van der Waals surface area contributed by atoms with Gasteiger partial charge in [0.1, 0.15) is 28.7 Å². The molecule has 0 N–H and O–H groups in total. The van der Waals surface area contributed by atoms with Gasteiger partial charge in [0.25, 0.3) is 0 Å². The quantitative estimate of drug-likeness (QED) is 0.116. The van der Waals surface area contributed by atoms with Crippen LogP contribution in [0.5, 0.6) is 17.2 Å². The van der Waals surface area contributed by atoms with E-state index in [1.54, 1.807) is 66.7 Å². The molecule has 3 aliphatic rings. The molecular formula is C37H29NO7. The van der Waals surface area contributed by atoms with Crippen LogP contribution in [0, 0.1) is 5.41 Å². The molecular weight excluding hydrogens is 570 g/mol. The van der Waals surface area contributed by atoms with Crippen molar-refractivity contribution in [3.05, 3.63) is 125 Å². The maximum atomic E-state index is 14.9. The molecule has 1 saturated heterocycles. The summed E-state index contributed by atoms with van der Waals surface area (Å²) >= 11 is 0. The van der Waals surface area contributed by atoms with Crippen LogP contribution in [0.2, 0.25) is 0 Å². The Labute approximate surface area is 259 Å². The van der Waals surface area contributed by atoms with Crippen molar-refractivity contribution in [2.24, 2.45) is 5.41 Å². The third-order valence-electron chi connectivity index (χ3n) is 9.15. The Hall–Kier alpha value is -5.50. The van der Waals surface area contributed by atoms with E-state index in [0.717, 1.165) is 11.3 Å². The molecule has 0 amide bonds. The molecule has 1 spiro atoms. The number of hydrogen-bond donors (Lipinski definition) is 0. The lowest BCUT2D eigenvalue weighted by atomic mass is 9.64. The van der Waals surface area contributed by atoms with Crippen molar-refractivity contribution in [1.82, 2.24) is 0 Å². The maximum absolute atomic E-state index is 14.9. The highest BCUT2D eigenvalue weighted by molar-refractivity contribution is 6.32. The summed E-state index contributed by atoms with van der Waals surface area (Å²) in [6.07, 6.45) is 3.79. The molecule has 0 aromatic heterocycles. The topological polar surface area (TPSA) is 99.2 Å². The van der Waals surface area contributed by atoms with Gasteiger partial charge in [0.05, 0.1) is 20.3 Å². The van der Waals surface area contributed by atoms with Gasteiger partial charge in [-0.15, -0.1) is 0 Å². The Morgan fingerprint density at radius 2 is 1.42 bits per heavy atom. The number of esters is 1. The highest BCUT2D eigenvalue weighted by Gasteiger charge is 2.72. The minimum Gasteiger partial charge on any atom is -0.497 e. The summed E-state index contributed by atoms with van der Waals surface area (Å²) in [5.41, 5.74) is 1.43. The van der Waals surface area contributed by atoms with E-state index in [0.29, 0.717) is 39.5 Å². The summed E-state index contributed by atoms with van der Waals surface area (Å²) in [6.45, 7) is 1.30. The predicted molar refractivity (Wildman–Crippen MR) is 167 cm³/mol. The highest BCUT2D eigenvalue weighted by atomic mass is 16.5. The molecule has 4 aromatic rings. The summed E-state index contributed by atoms with van der Waals surface area (Å²) < 4.78 is 16.6. The summed E-state index contributed by atoms with van der Waals surface area (Å²) in [4.78, 5) is 58.2. The fourth-order valence-corrected chi connectivity index (χ4v) is 7.37. The molecule has 7 rings (SSSR count). The molecule has 45 heavy (non-hydrogen) atoms. The van der Waals surface area contributed by atoms with Crippen molar-refractivity contribution >= 4 is 35.1 Å². The number of para-hydroxylation sites is 1. The zero-order valence-electron chi connectivity index (χ0n) is 24.9. The van der Waals surface area contributed by atoms with Gasteiger partial charge >= 0.3 is 5.97 Å². The standard InChI is InChI=1S/C37H29NO7/c1-21(39)45-24-15-12-23(13-16-24)34(40)33-32(28-20-25(43-2)17-18-30(28)44-3)37(35(41)26-9-5-6-10-27(26)36(37)42)31-19-14-22-8-4-7-11-29(22)38(31)33/h4-20,31-33H,1-3H3/t31-,32-,33+/m0/s1. The smallest absolute Gasteiger partial charge is 0.308 e. The second-order valence-electron chi connectivity index (χ2n) is 11.4. The van der Waals surface area contributed by atoms with Crippen LogP contribution in [0.3, 0.4) is 0 Å². The summed E-state index contributed by atoms with van der Waals surface area (Å²) in [6, 6.07) is 24.2. The number of ketones is 3. The van der Waals surface area contributed by atoms with Crippen LogP contribution < -0.4 is 19.1 Å². The van der Waals surface area contributed by atoms with Gasteiger partial charge in [-0.3, -0.25) is 19.2 Å². The highest BCUT2D eigenvalue weighted by Crippen LogP contribution is 2.62. The average Bonchev–Trinajstić information content (AvgIpc) is 3.50. The van der Waals surface area contributed by atoms with E-state index in [1.807, 2.05) is 41.3 Å². The molecule has 1 fully saturated rings. The first kappa shape index (κ1) is 28.3. The Bertz CT molecular complexity index is 1890. The van der Waals surface area contributed by atoms with Gasteiger partial charge in [0.15, 0.2) is 17.3 Å². The van der Waals surface area contributed by atoms with Gasteiger partial charge < -0.3 is 19.1 Å². The third-order valence-corrected chi connectivity index (χ3v) is 9.15. The van der Waals surface area contributed by atoms with Crippen molar-refractivity contribution in [2.75, 3.05) is 19.1 Å². The molecule has 0 radical (unpaired) electrons. The van der Waals surface area contributed by atoms with Crippen LogP contribution in [0.15, 0.2) is 97.1 Å². The average molecular weight is 600 g/mol. The Morgan fingerprint density at radius 3 is 2.07 bits per heavy atom. The molecule has 0 bridgehead atoms. The predicted octanol–water partition coefficient (Wildman–Crippen LogP) is 5.95. The van der Waals surface area contributed by atoms with Gasteiger partial charge in [0, 0.05) is 40.8 Å². The van der Waals surface area contributed by atoms with Crippen LogP contribution in [0.1, 0.15) is 55.0 Å². The first-order valence-electron chi connectivity index (χ1n) is 14.6. The van der Waals surface area contributed by atoms with Gasteiger partial charge in [-0.1, -0.05) is 54.6 Å². The molecule has 3 atom stereocenters. The number of benzene rings is 4. The number of Topliss-reactive ketones (excluding diaryl/α,β-unsaturated/α-hetero) is 3. The van der Waals surface area contributed by atoms with E-state index >= 15 is 0 Å². The maximum Gasteiger partial charge on any atom is 0.308 e. The van der Waals surface area contributed by atoms with E-state index in [9.17, 15) is 19.2 Å². The monoisotopic (exact) mass is 599 g/mol. The molecule has 1 aliphatic carbocycles. The minimum atomic E-state index is -1.69. The van der Waals surface area contributed by atoms with Crippen LogP contribution in [0.25, 0.3) is 6.08 Å². The SMILES string of the molecule is COc1ccc(OC)c([C@H]2[C@H](C(=O)c3ccc(OC(C)=O)cc3)N3c4ccccc4C=C[C@H]3C23C(=O)c2ccccc2C3=O)c1. The van der Waals surface area contributed by atoms with Crippen molar-refractivity contribution in [1.29, 1.82) is 0 Å². The first-order valence-corrected chi connectivity index (χ1v) is 14.6. The fourth-order valence-electron chi connectivity index (χ4n) is 7.37. The van der Waals surface area contributed by atoms with Crippen LogP contribution in [-0.2, 0) is 4.79 Å². The number of hydrogen-bond acceptors (Lipinski definition) is 8. The number of carbonyl (C=O) groups excluding carboxylic acids is 4. The van der Waals surface area contributed by atoms with Crippen molar-refractivity contribution < 1.29 is 33.4 Å². The normalized spacial score (nSPS) is 20.4. The number of fused-ring (bicyclic) bond motifs is 5. The summed E-state index contributed by atoms with van der Waals surface area (Å²) in [5.74, 6) is -1.21. The van der Waals surface area contributed by atoms with Crippen LogP contribution >= 0.6 is 0 Å². The van der Waals surface area contributed by atoms with Crippen molar-refractivity contribution in [3.8, 4) is 17.2 Å². The van der Waals surface area contributed by atoms with Crippen LogP contribution in [0.4, 0.5) is 5.69 Å². The van der Waals surface area contributed by atoms with Crippen molar-refractivity contribution in [2.45, 2.75) is 24.9 Å². The molecule has 8 heteroatoms. The Kier molecular flexibility index (Phi) is 6.66. The van der Waals surface area contributed by atoms with Gasteiger partial charge in [0.2, 0.25) is 0 Å². The van der Waals surface area contributed by atoms with Gasteiger partial charge in [-0.25, -0.2) is 0 Å². The molecule has 0 unspecified atom stereocenters. The molecule has 0 saturated carbocycles.